The van der Waals surface area contributed by atoms with Crippen molar-refractivity contribution in [1.82, 2.24) is 10.3 Å². The first kappa shape index (κ1) is 19.4. The molecule has 4 rings (SSSR count). The maximum Gasteiger partial charge on any atom is 0.254 e. The minimum atomic E-state index is -0.555. The highest BCUT2D eigenvalue weighted by Gasteiger charge is 2.54. The number of carbonyl (C=O) groups excluding carboxylic acids is 2. The van der Waals surface area contributed by atoms with Crippen LogP contribution in [-0.2, 0) is 0 Å². The number of hydrogen-bond acceptors (Lipinski definition) is 5. The number of nitriles is 1. The standard InChI is InChI=1S/C21H19BrN4O3/c22-14-5-12(11-23)4-13(6-14)19(28)26-15-7-21(8-15)9-16(10-21)29-20-17(18(24)27)2-1-3-25-20/h1-6,15-16H,7-10H2,(H2,24,27)(H,26,28)/t15-,16-,21?. The Morgan fingerprint density at radius 3 is 2.72 bits per heavy atom. The van der Waals surface area contributed by atoms with E-state index in [-0.39, 0.29) is 34.9 Å². The second-order valence-electron chi connectivity index (χ2n) is 7.79. The van der Waals surface area contributed by atoms with Crippen LogP contribution in [0.2, 0.25) is 0 Å². The second-order valence-corrected chi connectivity index (χ2v) is 8.70. The number of nitrogens with one attached hydrogen (secondary N) is 1. The summed E-state index contributed by atoms with van der Waals surface area (Å²) in [5.74, 6) is -0.443. The summed E-state index contributed by atoms with van der Waals surface area (Å²) in [6, 6.07) is 10.4. The van der Waals surface area contributed by atoms with E-state index in [2.05, 4.69) is 32.3 Å². The number of carbonyl (C=O) groups is 2. The molecule has 2 aromatic rings. The molecule has 0 atom stereocenters. The van der Waals surface area contributed by atoms with Gasteiger partial charge in [-0.2, -0.15) is 5.26 Å². The molecule has 0 saturated heterocycles. The highest BCUT2D eigenvalue weighted by molar-refractivity contribution is 9.10. The molecule has 2 aliphatic carbocycles. The third kappa shape index (κ3) is 3.96. The number of benzene rings is 1. The van der Waals surface area contributed by atoms with Crippen LogP contribution in [-0.4, -0.2) is 28.9 Å². The Hall–Kier alpha value is -2.92. The van der Waals surface area contributed by atoms with Crippen molar-refractivity contribution in [2.45, 2.75) is 37.8 Å². The highest BCUT2D eigenvalue weighted by Crippen LogP contribution is 2.56. The summed E-state index contributed by atoms with van der Waals surface area (Å²) < 4.78 is 6.57. The second kappa shape index (κ2) is 7.48. The van der Waals surface area contributed by atoms with Crippen LogP contribution in [0.3, 0.4) is 0 Å². The van der Waals surface area contributed by atoms with Crippen LogP contribution in [0.15, 0.2) is 41.0 Å². The zero-order valence-electron chi connectivity index (χ0n) is 15.5. The van der Waals surface area contributed by atoms with E-state index >= 15 is 0 Å². The Kier molecular flexibility index (Phi) is 5.01. The highest BCUT2D eigenvalue weighted by atomic mass is 79.9. The first-order valence-corrected chi connectivity index (χ1v) is 10.1. The van der Waals surface area contributed by atoms with E-state index in [0.717, 1.165) is 25.7 Å². The molecule has 8 heteroatoms. The number of halogens is 1. The average molecular weight is 455 g/mol. The van der Waals surface area contributed by atoms with Crippen LogP contribution in [0.1, 0.15) is 52.0 Å². The quantitative estimate of drug-likeness (QED) is 0.719. The van der Waals surface area contributed by atoms with Crippen molar-refractivity contribution in [2.24, 2.45) is 11.1 Å². The van der Waals surface area contributed by atoms with Crippen LogP contribution >= 0.6 is 15.9 Å². The van der Waals surface area contributed by atoms with Crippen molar-refractivity contribution in [2.75, 3.05) is 0 Å². The van der Waals surface area contributed by atoms with Gasteiger partial charge in [0.15, 0.2) is 0 Å². The van der Waals surface area contributed by atoms with Gasteiger partial charge in [-0.15, -0.1) is 0 Å². The van der Waals surface area contributed by atoms with Crippen molar-refractivity contribution in [3.63, 3.8) is 0 Å². The van der Waals surface area contributed by atoms with Crippen LogP contribution in [0.4, 0.5) is 0 Å². The molecule has 2 fully saturated rings. The Bertz CT molecular complexity index is 1020. The van der Waals surface area contributed by atoms with E-state index < -0.39 is 5.91 Å². The molecule has 0 unspecified atom stereocenters. The van der Waals surface area contributed by atoms with Gasteiger partial charge in [-0.05, 0) is 61.4 Å². The number of primary amides is 1. The van der Waals surface area contributed by atoms with Gasteiger partial charge < -0.3 is 15.8 Å². The summed E-state index contributed by atoms with van der Waals surface area (Å²) in [6.45, 7) is 0. The fourth-order valence-corrected chi connectivity index (χ4v) is 4.79. The Morgan fingerprint density at radius 2 is 2.03 bits per heavy atom. The summed E-state index contributed by atoms with van der Waals surface area (Å²) in [6.07, 6.45) is 5.09. The molecule has 0 bridgehead atoms. The number of rotatable bonds is 5. The topological polar surface area (TPSA) is 118 Å². The van der Waals surface area contributed by atoms with E-state index in [1.165, 1.54) is 0 Å². The summed E-state index contributed by atoms with van der Waals surface area (Å²) in [5.41, 5.74) is 6.75. The van der Waals surface area contributed by atoms with Gasteiger partial charge in [0, 0.05) is 22.3 Å². The third-order valence-corrected chi connectivity index (χ3v) is 6.08. The number of hydrogen-bond donors (Lipinski definition) is 2. The fraction of sp³-hybridized carbons (Fsp3) is 0.333. The molecule has 148 valence electrons. The van der Waals surface area contributed by atoms with E-state index in [4.69, 9.17) is 15.7 Å². The summed E-state index contributed by atoms with van der Waals surface area (Å²) in [5, 5.41) is 12.1. The van der Waals surface area contributed by atoms with Gasteiger partial charge in [0.1, 0.15) is 11.7 Å². The Balaban J connectivity index is 1.28. The van der Waals surface area contributed by atoms with Crippen molar-refractivity contribution in [1.29, 1.82) is 5.26 Å². The SMILES string of the molecule is N#Cc1cc(Br)cc(C(=O)N[C@H]2CC3(C2)C[C@H](Oc2ncccc2C(N)=O)C3)c1. The number of amides is 2. The molecule has 2 amide bonds. The van der Waals surface area contributed by atoms with Crippen molar-refractivity contribution >= 4 is 27.7 Å². The molecule has 0 aliphatic heterocycles. The molecule has 7 nitrogen and oxygen atoms in total. The van der Waals surface area contributed by atoms with Gasteiger partial charge in [0.25, 0.3) is 11.8 Å². The van der Waals surface area contributed by atoms with E-state index in [9.17, 15) is 9.59 Å². The van der Waals surface area contributed by atoms with Gasteiger partial charge in [-0.1, -0.05) is 15.9 Å². The van der Waals surface area contributed by atoms with Gasteiger partial charge in [-0.25, -0.2) is 4.98 Å². The minimum Gasteiger partial charge on any atom is -0.474 e. The maximum absolute atomic E-state index is 12.5. The summed E-state index contributed by atoms with van der Waals surface area (Å²) >= 11 is 3.33. The number of nitrogens with zero attached hydrogens (tertiary/aromatic N) is 2. The van der Waals surface area contributed by atoms with Gasteiger partial charge in [0.2, 0.25) is 5.88 Å². The normalized spacial score (nSPS) is 24.7. The third-order valence-electron chi connectivity index (χ3n) is 5.62. The molecule has 1 aromatic heterocycles. The van der Waals surface area contributed by atoms with E-state index in [1.54, 1.807) is 36.5 Å². The van der Waals surface area contributed by atoms with Crippen LogP contribution < -0.4 is 15.8 Å². The lowest BCUT2D eigenvalue weighted by Gasteiger charge is -2.57. The molecular formula is C21H19BrN4O3. The zero-order valence-corrected chi connectivity index (χ0v) is 17.1. The van der Waals surface area contributed by atoms with Crippen LogP contribution in [0.5, 0.6) is 5.88 Å². The Morgan fingerprint density at radius 1 is 1.28 bits per heavy atom. The number of pyridine rings is 1. The van der Waals surface area contributed by atoms with Crippen molar-refractivity contribution < 1.29 is 14.3 Å². The van der Waals surface area contributed by atoms with Gasteiger partial charge in [0.05, 0.1) is 11.6 Å². The van der Waals surface area contributed by atoms with Crippen LogP contribution in [0, 0.1) is 16.7 Å². The van der Waals surface area contributed by atoms with Crippen molar-refractivity contribution in [3.05, 3.63) is 57.7 Å². The number of ether oxygens (including phenoxy) is 1. The maximum atomic E-state index is 12.5. The molecule has 29 heavy (non-hydrogen) atoms. The molecule has 1 heterocycles. The summed E-state index contributed by atoms with van der Waals surface area (Å²) in [7, 11) is 0. The smallest absolute Gasteiger partial charge is 0.254 e. The molecule has 2 saturated carbocycles. The molecule has 1 aromatic carbocycles. The molecular weight excluding hydrogens is 436 g/mol. The van der Waals surface area contributed by atoms with E-state index in [0.29, 0.717) is 15.6 Å². The van der Waals surface area contributed by atoms with Gasteiger partial charge >= 0.3 is 0 Å². The molecule has 0 radical (unpaired) electrons. The summed E-state index contributed by atoms with van der Waals surface area (Å²) in [4.78, 5) is 28.1. The number of aromatic nitrogens is 1. The van der Waals surface area contributed by atoms with Crippen LogP contribution in [0.25, 0.3) is 0 Å². The zero-order chi connectivity index (χ0) is 20.6. The lowest BCUT2D eigenvalue weighted by Crippen LogP contribution is -2.58. The first-order chi connectivity index (χ1) is 13.9. The Labute approximate surface area is 176 Å². The average Bonchev–Trinajstić information content (AvgIpc) is 2.64. The first-order valence-electron chi connectivity index (χ1n) is 9.30. The van der Waals surface area contributed by atoms with Crippen molar-refractivity contribution in [3.8, 4) is 11.9 Å². The lowest BCUT2D eigenvalue weighted by atomic mass is 9.53. The van der Waals surface area contributed by atoms with E-state index in [1.807, 2.05) is 0 Å². The number of nitrogens with two attached hydrogens (primary N) is 1. The molecule has 1 spiro atoms. The molecule has 3 N–H and O–H groups in total. The fourth-order valence-electron chi connectivity index (χ4n) is 4.29. The monoisotopic (exact) mass is 454 g/mol. The molecule has 2 aliphatic rings. The predicted molar refractivity (Wildman–Crippen MR) is 108 cm³/mol. The lowest BCUT2D eigenvalue weighted by molar-refractivity contribution is -0.0848. The predicted octanol–water partition coefficient (Wildman–Crippen LogP) is 2.93. The largest absolute Gasteiger partial charge is 0.474 e. The van der Waals surface area contributed by atoms with Gasteiger partial charge in [-0.3, -0.25) is 9.59 Å². The minimum absolute atomic E-state index is 0.00270.